The van der Waals surface area contributed by atoms with Gasteiger partial charge in [0.1, 0.15) is 5.75 Å². The summed E-state index contributed by atoms with van der Waals surface area (Å²) < 4.78 is 5.30. The van der Waals surface area contributed by atoms with Gasteiger partial charge >= 0.3 is 0 Å². The Morgan fingerprint density at radius 2 is 2.04 bits per heavy atom. The van der Waals surface area contributed by atoms with Gasteiger partial charge in [-0.1, -0.05) is 42.0 Å². The summed E-state index contributed by atoms with van der Waals surface area (Å²) in [7, 11) is 1.62. The number of ether oxygens (including phenoxy) is 1. The van der Waals surface area contributed by atoms with Gasteiger partial charge < -0.3 is 10.1 Å². The van der Waals surface area contributed by atoms with Crippen LogP contribution in [0, 0.1) is 6.92 Å². The summed E-state index contributed by atoms with van der Waals surface area (Å²) in [6.45, 7) is 2.41. The van der Waals surface area contributed by atoms with Crippen LogP contribution in [0.15, 0.2) is 54.7 Å². The van der Waals surface area contributed by atoms with Crippen LogP contribution in [0.25, 0.3) is 11.3 Å². The molecule has 0 saturated carbocycles. The van der Waals surface area contributed by atoms with Crippen molar-refractivity contribution in [3.05, 3.63) is 71.4 Å². The minimum Gasteiger partial charge on any atom is -0.496 e. The first kappa shape index (κ1) is 15.8. The Morgan fingerprint density at radius 3 is 2.83 bits per heavy atom. The van der Waals surface area contributed by atoms with E-state index in [0.717, 1.165) is 28.1 Å². The molecule has 0 aliphatic carbocycles. The minimum absolute atomic E-state index is 0.175. The SMILES string of the molecule is COc1ccccc1CNC(=O)c1cn[nH]c1-c1cccc(C)c1. The number of aromatic nitrogens is 2. The van der Waals surface area contributed by atoms with Crippen LogP contribution in [0.5, 0.6) is 5.75 Å². The molecule has 24 heavy (non-hydrogen) atoms. The lowest BCUT2D eigenvalue weighted by molar-refractivity contribution is 0.0951. The topological polar surface area (TPSA) is 67.0 Å². The summed E-state index contributed by atoms with van der Waals surface area (Å²) in [5.74, 6) is 0.579. The second kappa shape index (κ2) is 7.00. The lowest BCUT2D eigenvalue weighted by atomic mass is 10.1. The van der Waals surface area contributed by atoms with Crippen LogP contribution < -0.4 is 10.1 Å². The van der Waals surface area contributed by atoms with Crippen molar-refractivity contribution >= 4 is 5.91 Å². The van der Waals surface area contributed by atoms with Crippen molar-refractivity contribution in [2.24, 2.45) is 0 Å². The molecule has 0 radical (unpaired) electrons. The van der Waals surface area contributed by atoms with Gasteiger partial charge in [-0.3, -0.25) is 9.89 Å². The first-order valence-corrected chi connectivity index (χ1v) is 7.69. The van der Waals surface area contributed by atoms with Crippen LogP contribution in [0.4, 0.5) is 0 Å². The van der Waals surface area contributed by atoms with Crippen LogP contribution >= 0.6 is 0 Å². The second-order valence-electron chi connectivity index (χ2n) is 5.52. The summed E-state index contributed by atoms with van der Waals surface area (Å²) >= 11 is 0. The molecule has 0 bridgehead atoms. The zero-order chi connectivity index (χ0) is 16.9. The number of amides is 1. The van der Waals surface area contributed by atoms with Gasteiger partial charge in [-0.25, -0.2) is 0 Å². The summed E-state index contributed by atoms with van der Waals surface area (Å²) in [5.41, 5.74) is 4.23. The van der Waals surface area contributed by atoms with E-state index in [9.17, 15) is 4.79 Å². The molecule has 0 spiro atoms. The maximum absolute atomic E-state index is 12.5. The summed E-state index contributed by atoms with van der Waals surface area (Å²) in [5, 5.41) is 9.86. The molecular formula is C19H19N3O2. The third-order valence-electron chi connectivity index (χ3n) is 3.82. The van der Waals surface area contributed by atoms with Gasteiger partial charge in [0.25, 0.3) is 5.91 Å². The molecule has 0 saturated heterocycles. The van der Waals surface area contributed by atoms with E-state index in [-0.39, 0.29) is 5.91 Å². The van der Waals surface area contributed by atoms with Gasteiger partial charge in [-0.05, 0) is 19.1 Å². The van der Waals surface area contributed by atoms with Gasteiger partial charge in [0.2, 0.25) is 0 Å². The highest BCUT2D eigenvalue weighted by atomic mass is 16.5. The van der Waals surface area contributed by atoms with Gasteiger partial charge in [-0.2, -0.15) is 5.10 Å². The third kappa shape index (κ3) is 3.30. The molecule has 2 aromatic carbocycles. The molecule has 0 aliphatic heterocycles. The number of H-pyrrole nitrogens is 1. The molecule has 1 aromatic heterocycles. The van der Waals surface area contributed by atoms with E-state index in [2.05, 4.69) is 15.5 Å². The van der Waals surface area contributed by atoms with Crippen LogP contribution in [0.1, 0.15) is 21.5 Å². The highest BCUT2D eigenvalue weighted by Gasteiger charge is 2.15. The fourth-order valence-electron chi connectivity index (χ4n) is 2.60. The standard InChI is InChI=1S/C19H19N3O2/c1-13-6-5-8-14(10-13)18-16(12-21-22-18)19(23)20-11-15-7-3-4-9-17(15)24-2/h3-10,12H,11H2,1-2H3,(H,20,23)(H,21,22). The maximum atomic E-state index is 12.5. The number of carbonyl (C=O) groups is 1. The smallest absolute Gasteiger partial charge is 0.255 e. The first-order valence-electron chi connectivity index (χ1n) is 7.69. The average Bonchev–Trinajstić information content (AvgIpc) is 3.09. The lowest BCUT2D eigenvalue weighted by Gasteiger charge is -2.10. The Kier molecular flexibility index (Phi) is 4.61. The van der Waals surface area contributed by atoms with Crippen molar-refractivity contribution in [3.8, 4) is 17.0 Å². The van der Waals surface area contributed by atoms with Crippen molar-refractivity contribution in [2.75, 3.05) is 7.11 Å². The number of nitrogens with one attached hydrogen (secondary N) is 2. The molecule has 0 unspecified atom stereocenters. The number of carbonyl (C=O) groups excluding carboxylic acids is 1. The normalized spacial score (nSPS) is 10.4. The Morgan fingerprint density at radius 1 is 1.21 bits per heavy atom. The highest BCUT2D eigenvalue weighted by molar-refractivity contribution is 5.99. The molecular weight excluding hydrogens is 302 g/mol. The Bertz CT molecular complexity index is 855. The average molecular weight is 321 g/mol. The van der Waals surface area contributed by atoms with Crippen LogP contribution in [-0.2, 0) is 6.54 Å². The molecule has 1 heterocycles. The molecule has 122 valence electrons. The number of rotatable bonds is 5. The van der Waals surface area contributed by atoms with E-state index < -0.39 is 0 Å². The molecule has 1 amide bonds. The molecule has 5 heteroatoms. The summed E-state index contributed by atoms with van der Waals surface area (Å²) in [6.07, 6.45) is 1.55. The largest absolute Gasteiger partial charge is 0.496 e. The molecule has 3 rings (SSSR count). The Labute approximate surface area is 140 Å². The number of methoxy groups -OCH3 is 1. The lowest BCUT2D eigenvalue weighted by Crippen LogP contribution is -2.23. The fraction of sp³-hybridized carbons (Fsp3) is 0.158. The van der Waals surface area contributed by atoms with Gasteiger partial charge in [0.05, 0.1) is 24.6 Å². The Hall–Kier alpha value is -3.08. The second-order valence-corrected chi connectivity index (χ2v) is 5.52. The van der Waals surface area contributed by atoms with Gasteiger partial charge in [0.15, 0.2) is 0 Å². The van der Waals surface area contributed by atoms with Crippen LogP contribution in [0.2, 0.25) is 0 Å². The maximum Gasteiger partial charge on any atom is 0.255 e. The van der Waals surface area contributed by atoms with Crippen molar-refractivity contribution in [1.29, 1.82) is 0 Å². The van der Waals surface area contributed by atoms with E-state index in [1.165, 1.54) is 0 Å². The fourth-order valence-corrected chi connectivity index (χ4v) is 2.60. The minimum atomic E-state index is -0.175. The first-order chi connectivity index (χ1) is 11.7. The molecule has 0 aliphatic rings. The number of para-hydroxylation sites is 1. The van der Waals surface area contributed by atoms with E-state index >= 15 is 0 Å². The number of aromatic amines is 1. The molecule has 5 nitrogen and oxygen atoms in total. The zero-order valence-electron chi connectivity index (χ0n) is 13.7. The van der Waals surface area contributed by atoms with Crippen molar-refractivity contribution in [3.63, 3.8) is 0 Å². The molecule has 0 fully saturated rings. The summed E-state index contributed by atoms with van der Waals surface area (Å²) in [4.78, 5) is 12.5. The van der Waals surface area contributed by atoms with Crippen LogP contribution in [0.3, 0.4) is 0 Å². The molecule has 3 aromatic rings. The predicted molar refractivity (Wildman–Crippen MR) is 92.9 cm³/mol. The summed E-state index contributed by atoms with van der Waals surface area (Å²) in [6, 6.07) is 15.6. The van der Waals surface area contributed by atoms with Gasteiger partial charge in [0, 0.05) is 17.7 Å². The number of benzene rings is 2. The third-order valence-corrected chi connectivity index (χ3v) is 3.82. The van der Waals surface area contributed by atoms with Gasteiger partial charge in [-0.15, -0.1) is 0 Å². The van der Waals surface area contributed by atoms with Crippen LogP contribution in [-0.4, -0.2) is 23.2 Å². The van der Waals surface area contributed by atoms with Crippen molar-refractivity contribution < 1.29 is 9.53 Å². The predicted octanol–water partition coefficient (Wildman–Crippen LogP) is 3.32. The van der Waals surface area contributed by atoms with E-state index in [1.807, 2.05) is 55.5 Å². The number of hydrogen-bond acceptors (Lipinski definition) is 3. The molecule has 2 N–H and O–H groups in total. The number of nitrogens with zero attached hydrogens (tertiary/aromatic N) is 1. The zero-order valence-corrected chi connectivity index (χ0v) is 13.7. The number of hydrogen-bond donors (Lipinski definition) is 2. The Balaban J connectivity index is 1.78. The molecule has 0 atom stereocenters. The number of aryl methyl sites for hydroxylation is 1. The van der Waals surface area contributed by atoms with Crippen molar-refractivity contribution in [2.45, 2.75) is 13.5 Å². The highest BCUT2D eigenvalue weighted by Crippen LogP contribution is 2.22. The van der Waals surface area contributed by atoms with E-state index in [4.69, 9.17) is 4.74 Å². The monoisotopic (exact) mass is 321 g/mol. The van der Waals surface area contributed by atoms with Crippen molar-refractivity contribution in [1.82, 2.24) is 15.5 Å². The van der Waals surface area contributed by atoms with E-state index in [1.54, 1.807) is 13.3 Å². The van der Waals surface area contributed by atoms with E-state index in [0.29, 0.717) is 12.1 Å². The quantitative estimate of drug-likeness (QED) is 0.757.